The van der Waals surface area contributed by atoms with Crippen molar-refractivity contribution in [2.24, 2.45) is 0 Å². The maximum atomic E-state index is 5.55. The van der Waals surface area contributed by atoms with Crippen molar-refractivity contribution in [1.82, 2.24) is 4.98 Å². The molecule has 1 nitrogen and oxygen atoms in total. The molecule has 1 aromatic rings. The van der Waals surface area contributed by atoms with Crippen LogP contribution in [0, 0.1) is 6.92 Å². The van der Waals surface area contributed by atoms with Crippen molar-refractivity contribution < 1.29 is 0 Å². The minimum absolute atomic E-state index is 0.671. The average Bonchev–Trinajstić information content (AvgIpc) is 1.95. The fourth-order valence-corrected chi connectivity index (χ4v) is 0.974. The van der Waals surface area contributed by atoms with Crippen LogP contribution in [0.15, 0.2) is 18.3 Å². The average molecular weight is 156 g/mol. The van der Waals surface area contributed by atoms with Gasteiger partial charge < -0.3 is 0 Å². The lowest BCUT2D eigenvalue weighted by Crippen LogP contribution is -1.87. The van der Waals surface area contributed by atoms with Crippen LogP contribution < -0.4 is 0 Å². The van der Waals surface area contributed by atoms with E-state index in [0.717, 1.165) is 12.1 Å². The number of aryl methyl sites for hydroxylation is 2. The maximum Gasteiger partial charge on any atom is 0.0372 e. The van der Waals surface area contributed by atoms with E-state index in [1.807, 2.05) is 19.2 Å². The van der Waals surface area contributed by atoms with E-state index in [1.54, 1.807) is 0 Å². The number of rotatable bonds is 2. The summed E-state index contributed by atoms with van der Waals surface area (Å²) in [6, 6.07) is 4.06. The first-order valence-electron chi connectivity index (χ1n) is 3.30. The predicted octanol–water partition coefficient (Wildman–Crippen LogP) is 2.17. The van der Waals surface area contributed by atoms with Crippen molar-refractivity contribution in [1.29, 1.82) is 0 Å². The van der Waals surface area contributed by atoms with Crippen LogP contribution in [0.2, 0.25) is 0 Å². The standard InChI is InChI=1S/C8H10ClN/c1-7-2-3-8(4-5-9)6-10-7/h2-3,6H,4-5H2,1H3. The summed E-state index contributed by atoms with van der Waals surface area (Å²) >= 11 is 5.55. The third kappa shape index (κ3) is 1.99. The number of alkyl halides is 1. The van der Waals surface area contributed by atoms with Crippen molar-refractivity contribution in [2.45, 2.75) is 13.3 Å². The Morgan fingerprint density at radius 2 is 2.30 bits per heavy atom. The Hall–Kier alpha value is -0.560. The summed E-state index contributed by atoms with van der Waals surface area (Å²) in [6.07, 6.45) is 2.78. The zero-order valence-electron chi connectivity index (χ0n) is 5.97. The molecule has 0 saturated carbocycles. The molecule has 0 saturated heterocycles. The molecular weight excluding hydrogens is 146 g/mol. The summed E-state index contributed by atoms with van der Waals surface area (Å²) in [7, 11) is 0. The van der Waals surface area contributed by atoms with Gasteiger partial charge in [0.1, 0.15) is 0 Å². The van der Waals surface area contributed by atoms with Crippen LogP contribution in [-0.2, 0) is 6.42 Å². The lowest BCUT2D eigenvalue weighted by molar-refractivity contribution is 1.08. The van der Waals surface area contributed by atoms with Crippen molar-refractivity contribution in [3.05, 3.63) is 29.6 Å². The first-order valence-corrected chi connectivity index (χ1v) is 3.84. The summed E-state index contributed by atoms with van der Waals surface area (Å²) in [5, 5.41) is 0. The third-order valence-electron chi connectivity index (χ3n) is 1.36. The topological polar surface area (TPSA) is 12.9 Å². The number of hydrogen-bond donors (Lipinski definition) is 0. The largest absolute Gasteiger partial charge is 0.261 e. The van der Waals surface area contributed by atoms with Crippen LogP contribution in [0.1, 0.15) is 11.3 Å². The molecule has 0 N–H and O–H groups in total. The van der Waals surface area contributed by atoms with Gasteiger partial charge >= 0.3 is 0 Å². The normalized spacial score (nSPS) is 9.80. The van der Waals surface area contributed by atoms with Crippen LogP contribution in [0.4, 0.5) is 0 Å². The molecule has 0 aromatic carbocycles. The highest BCUT2D eigenvalue weighted by molar-refractivity contribution is 6.17. The van der Waals surface area contributed by atoms with E-state index < -0.39 is 0 Å². The van der Waals surface area contributed by atoms with Gasteiger partial charge in [0, 0.05) is 17.8 Å². The van der Waals surface area contributed by atoms with Crippen molar-refractivity contribution >= 4 is 11.6 Å². The van der Waals surface area contributed by atoms with Crippen molar-refractivity contribution in [2.75, 3.05) is 5.88 Å². The first kappa shape index (κ1) is 7.55. The van der Waals surface area contributed by atoms with Gasteiger partial charge in [-0.1, -0.05) is 6.07 Å². The lowest BCUT2D eigenvalue weighted by Gasteiger charge is -1.95. The van der Waals surface area contributed by atoms with E-state index in [4.69, 9.17) is 11.6 Å². The quantitative estimate of drug-likeness (QED) is 0.597. The molecule has 2 heteroatoms. The lowest BCUT2D eigenvalue weighted by atomic mass is 10.2. The van der Waals surface area contributed by atoms with Crippen molar-refractivity contribution in [3.8, 4) is 0 Å². The van der Waals surface area contributed by atoms with E-state index in [1.165, 1.54) is 5.56 Å². The van der Waals surface area contributed by atoms with Gasteiger partial charge in [0.15, 0.2) is 0 Å². The fourth-order valence-electron chi connectivity index (χ4n) is 0.755. The van der Waals surface area contributed by atoms with Crippen LogP contribution >= 0.6 is 11.6 Å². The number of halogens is 1. The molecule has 0 fully saturated rings. The molecule has 1 aromatic heterocycles. The predicted molar refractivity (Wildman–Crippen MR) is 43.4 cm³/mol. The van der Waals surface area contributed by atoms with E-state index in [2.05, 4.69) is 11.1 Å². The minimum atomic E-state index is 0.671. The van der Waals surface area contributed by atoms with Crippen LogP contribution in [0.5, 0.6) is 0 Å². The van der Waals surface area contributed by atoms with Crippen molar-refractivity contribution in [3.63, 3.8) is 0 Å². The molecule has 0 unspecified atom stereocenters. The monoisotopic (exact) mass is 155 g/mol. The van der Waals surface area contributed by atoms with Gasteiger partial charge in [-0.2, -0.15) is 0 Å². The molecule has 0 radical (unpaired) electrons. The van der Waals surface area contributed by atoms with Gasteiger partial charge in [0.05, 0.1) is 0 Å². The van der Waals surface area contributed by atoms with Gasteiger partial charge in [-0.25, -0.2) is 0 Å². The molecular formula is C8H10ClN. The summed E-state index contributed by atoms with van der Waals surface area (Å²) < 4.78 is 0. The van der Waals surface area contributed by atoms with Crippen LogP contribution in [-0.4, -0.2) is 10.9 Å². The number of pyridine rings is 1. The highest BCUT2D eigenvalue weighted by Crippen LogP contribution is 2.00. The Morgan fingerprint density at radius 3 is 2.80 bits per heavy atom. The Kier molecular flexibility index (Phi) is 2.69. The molecule has 0 aliphatic rings. The first-order chi connectivity index (χ1) is 4.83. The number of nitrogens with zero attached hydrogens (tertiary/aromatic N) is 1. The molecule has 54 valence electrons. The second-order valence-corrected chi connectivity index (χ2v) is 2.62. The highest BCUT2D eigenvalue weighted by atomic mass is 35.5. The van der Waals surface area contributed by atoms with Gasteiger partial charge in [0.25, 0.3) is 0 Å². The summed E-state index contributed by atoms with van der Waals surface area (Å²) in [6.45, 7) is 1.98. The molecule has 0 amide bonds. The smallest absolute Gasteiger partial charge is 0.0372 e. The second kappa shape index (κ2) is 3.57. The summed E-state index contributed by atoms with van der Waals surface area (Å²) in [5.74, 6) is 0.671. The Bertz CT molecular complexity index is 193. The van der Waals surface area contributed by atoms with E-state index >= 15 is 0 Å². The molecule has 0 aliphatic carbocycles. The zero-order valence-corrected chi connectivity index (χ0v) is 6.73. The number of aromatic nitrogens is 1. The van der Waals surface area contributed by atoms with Gasteiger partial charge in [0.2, 0.25) is 0 Å². The second-order valence-electron chi connectivity index (χ2n) is 2.25. The molecule has 0 spiro atoms. The van der Waals surface area contributed by atoms with E-state index in [9.17, 15) is 0 Å². The van der Waals surface area contributed by atoms with Crippen LogP contribution in [0.25, 0.3) is 0 Å². The van der Waals surface area contributed by atoms with E-state index in [-0.39, 0.29) is 0 Å². The number of hydrogen-bond acceptors (Lipinski definition) is 1. The maximum absolute atomic E-state index is 5.55. The SMILES string of the molecule is Cc1ccc(CCCl)cn1. The molecule has 0 atom stereocenters. The molecule has 1 heterocycles. The summed E-state index contributed by atoms with van der Waals surface area (Å²) in [4.78, 5) is 4.14. The third-order valence-corrected chi connectivity index (χ3v) is 1.54. The highest BCUT2D eigenvalue weighted by Gasteiger charge is 1.89. The Balaban J connectivity index is 2.69. The molecule has 0 aliphatic heterocycles. The molecule has 1 rings (SSSR count). The molecule has 0 bridgehead atoms. The zero-order chi connectivity index (χ0) is 7.40. The van der Waals surface area contributed by atoms with Crippen LogP contribution in [0.3, 0.4) is 0 Å². The van der Waals surface area contributed by atoms with Gasteiger partial charge in [-0.05, 0) is 25.0 Å². The Morgan fingerprint density at radius 1 is 1.50 bits per heavy atom. The molecule has 10 heavy (non-hydrogen) atoms. The van der Waals surface area contributed by atoms with Gasteiger partial charge in [-0.15, -0.1) is 11.6 Å². The Labute approximate surface area is 66.0 Å². The minimum Gasteiger partial charge on any atom is -0.261 e. The fraction of sp³-hybridized carbons (Fsp3) is 0.375. The summed E-state index contributed by atoms with van der Waals surface area (Å²) in [5.41, 5.74) is 2.26. The van der Waals surface area contributed by atoms with Gasteiger partial charge in [-0.3, -0.25) is 4.98 Å². The van der Waals surface area contributed by atoms with E-state index in [0.29, 0.717) is 5.88 Å².